The molecule has 0 aromatic carbocycles. The number of hydrogen-bond donors (Lipinski definition) is 2. The second kappa shape index (κ2) is 4.70. The van der Waals surface area contributed by atoms with E-state index in [2.05, 4.69) is 22.5 Å². The molecule has 5 heteroatoms. The predicted octanol–water partition coefficient (Wildman–Crippen LogP) is 2.66. The molecule has 86 valence electrons. The Hall–Kier alpha value is -1.29. The van der Waals surface area contributed by atoms with Gasteiger partial charge in [-0.1, -0.05) is 24.9 Å². The minimum Gasteiger partial charge on any atom is -0.365 e. The molecule has 2 N–H and O–H groups in total. The van der Waals surface area contributed by atoms with Crippen LogP contribution in [0.4, 0.5) is 11.5 Å². The fourth-order valence-corrected chi connectivity index (χ4v) is 1.99. The van der Waals surface area contributed by atoms with Crippen LogP contribution in [0.3, 0.4) is 0 Å². The maximum Gasteiger partial charge on any atom is 0.226 e. The largest absolute Gasteiger partial charge is 0.365 e. The Labute approximate surface area is 99.4 Å². The number of pyridine rings is 1. The maximum absolute atomic E-state index is 11.6. The van der Waals surface area contributed by atoms with E-state index in [9.17, 15) is 4.79 Å². The van der Waals surface area contributed by atoms with Crippen LogP contribution in [0, 0.1) is 0 Å². The lowest BCUT2D eigenvalue weighted by atomic mass is 10.1. The van der Waals surface area contributed by atoms with Gasteiger partial charge in [-0.2, -0.15) is 0 Å². The zero-order valence-corrected chi connectivity index (χ0v) is 9.84. The molecule has 1 amide bonds. The molecule has 1 aliphatic rings. The van der Waals surface area contributed by atoms with E-state index in [1.807, 2.05) is 0 Å². The summed E-state index contributed by atoms with van der Waals surface area (Å²) in [7, 11) is 0. The van der Waals surface area contributed by atoms with Gasteiger partial charge in [-0.25, -0.2) is 4.98 Å². The van der Waals surface area contributed by atoms with E-state index >= 15 is 0 Å². The molecule has 4 nitrogen and oxygen atoms in total. The number of halogens is 1. The van der Waals surface area contributed by atoms with E-state index in [-0.39, 0.29) is 11.9 Å². The van der Waals surface area contributed by atoms with Crippen LogP contribution in [0.15, 0.2) is 12.1 Å². The number of amides is 1. The van der Waals surface area contributed by atoms with Gasteiger partial charge in [-0.05, 0) is 18.6 Å². The summed E-state index contributed by atoms with van der Waals surface area (Å²) in [4.78, 5) is 15.8. The topological polar surface area (TPSA) is 54.0 Å². The molecule has 0 spiro atoms. The summed E-state index contributed by atoms with van der Waals surface area (Å²) < 4.78 is 0. The first-order valence-corrected chi connectivity index (χ1v) is 5.79. The van der Waals surface area contributed by atoms with Crippen LogP contribution in [0.25, 0.3) is 0 Å². The molecule has 2 rings (SSSR count). The summed E-state index contributed by atoms with van der Waals surface area (Å²) >= 11 is 5.83. The van der Waals surface area contributed by atoms with Crippen LogP contribution in [-0.2, 0) is 4.79 Å². The zero-order valence-electron chi connectivity index (χ0n) is 9.09. The third kappa shape index (κ3) is 2.44. The van der Waals surface area contributed by atoms with E-state index in [4.69, 9.17) is 11.6 Å². The van der Waals surface area contributed by atoms with Crippen molar-refractivity contribution in [3.05, 3.63) is 17.3 Å². The highest BCUT2D eigenvalue weighted by atomic mass is 35.5. The summed E-state index contributed by atoms with van der Waals surface area (Å²) in [5.41, 5.74) is 0.702. The van der Waals surface area contributed by atoms with Crippen LogP contribution < -0.4 is 10.6 Å². The van der Waals surface area contributed by atoms with Gasteiger partial charge in [-0.3, -0.25) is 4.79 Å². The van der Waals surface area contributed by atoms with Gasteiger partial charge in [0.2, 0.25) is 5.91 Å². The van der Waals surface area contributed by atoms with Gasteiger partial charge in [0.25, 0.3) is 0 Å². The standard InChI is InChI=1S/C11H14ClN3O/c1-2-3-7-6-10(16)14-8-4-5-9(12)15-11(8)13-7/h4-5,7H,2-3,6H2,1H3,(H,13,15)(H,14,16). The number of rotatable bonds is 2. The van der Waals surface area contributed by atoms with Gasteiger partial charge in [0.15, 0.2) is 5.82 Å². The Morgan fingerprint density at radius 1 is 1.56 bits per heavy atom. The molecule has 0 aliphatic carbocycles. The fraction of sp³-hybridized carbons (Fsp3) is 0.455. The molecule has 1 unspecified atom stereocenters. The second-order valence-corrected chi connectivity index (χ2v) is 4.30. The number of carbonyl (C=O) groups excluding carboxylic acids is 1. The predicted molar refractivity (Wildman–Crippen MR) is 64.8 cm³/mol. The SMILES string of the molecule is CCCC1CC(=O)Nc2ccc(Cl)nc2N1. The van der Waals surface area contributed by atoms with Crippen molar-refractivity contribution in [2.24, 2.45) is 0 Å². The molecule has 0 saturated carbocycles. The van der Waals surface area contributed by atoms with Crippen LogP contribution in [0.1, 0.15) is 26.2 Å². The van der Waals surface area contributed by atoms with Crippen molar-refractivity contribution in [2.45, 2.75) is 32.2 Å². The van der Waals surface area contributed by atoms with Gasteiger partial charge in [-0.15, -0.1) is 0 Å². The van der Waals surface area contributed by atoms with E-state index in [0.29, 0.717) is 23.1 Å². The van der Waals surface area contributed by atoms with Crippen molar-refractivity contribution in [1.82, 2.24) is 4.98 Å². The van der Waals surface area contributed by atoms with Gasteiger partial charge in [0, 0.05) is 12.5 Å². The molecule has 0 saturated heterocycles. The number of anilines is 2. The number of aromatic nitrogens is 1. The Kier molecular flexibility index (Phi) is 3.29. The molecule has 16 heavy (non-hydrogen) atoms. The van der Waals surface area contributed by atoms with Gasteiger partial charge in [0.1, 0.15) is 5.15 Å². The van der Waals surface area contributed by atoms with Gasteiger partial charge in [0.05, 0.1) is 5.69 Å². The van der Waals surface area contributed by atoms with Crippen LogP contribution in [0.5, 0.6) is 0 Å². The van der Waals surface area contributed by atoms with E-state index in [0.717, 1.165) is 12.8 Å². The minimum atomic E-state index is 0.0221. The molecule has 0 fully saturated rings. The minimum absolute atomic E-state index is 0.0221. The van der Waals surface area contributed by atoms with Crippen molar-refractivity contribution in [2.75, 3.05) is 10.6 Å². The number of carbonyl (C=O) groups is 1. The Balaban J connectivity index is 2.28. The zero-order chi connectivity index (χ0) is 11.5. The Morgan fingerprint density at radius 3 is 3.12 bits per heavy atom. The average molecular weight is 240 g/mol. The highest BCUT2D eigenvalue weighted by Gasteiger charge is 2.20. The summed E-state index contributed by atoms with van der Waals surface area (Å²) in [6, 6.07) is 3.57. The molecule has 0 radical (unpaired) electrons. The highest BCUT2D eigenvalue weighted by Crippen LogP contribution is 2.26. The maximum atomic E-state index is 11.6. The fourth-order valence-electron chi connectivity index (χ4n) is 1.84. The third-order valence-electron chi connectivity index (χ3n) is 2.55. The number of nitrogens with one attached hydrogen (secondary N) is 2. The third-order valence-corrected chi connectivity index (χ3v) is 2.76. The van der Waals surface area contributed by atoms with Crippen LogP contribution in [-0.4, -0.2) is 16.9 Å². The second-order valence-electron chi connectivity index (χ2n) is 3.91. The van der Waals surface area contributed by atoms with Crippen molar-refractivity contribution in [3.8, 4) is 0 Å². The average Bonchev–Trinajstić information content (AvgIpc) is 2.36. The number of fused-ring (bicyclic) bond motifs is 1. The summed E-state index contributed by atoms with van der Waals surface area (Å²) in [6.07, 6.45) is 2.45. The first kappa shape index (κ1) is 11.2. The lowest BCUT2D eigenvalue weighted by Crippen LogP contribution is -2.22. The lowest BCUT2D eigenvalue weighted by Gasteiger charge is -2.14. The smallest absolute Gasteiger partial charge is 0.226 e. The van der Waals surface area contributed by atoms with Crippen molar-refractivity contribution in [1.29, 1.82) is 0 Å². The summed E-state index contributed by atoms with van der Waals surface area (Å²) in [5.74, 6) is 0.686. The van der Waals surface area contributed by atoms with Crippen LogP contribution in [0.2, 0.25) is 5.15 Å². The quantitative estimate of drug-likeness (QED) is 0.781. The monoisotopic (exact) mass is 239 g/mol. The molecule has 1 aromatic rings. The van der Waals surface area contributed by atoms with Gasteiger partial charge < -0.3 is 10.6 Å². The Bertz CT molecular complexity index is 408. The molecule has 1 aliphatic heterocycles. The molecule has 0 bridgehead atoms. The summed E-state index contributed by atoms with van der Waals surface area (Å²) in [5, 5.41) is 6.50. The van der Waals surface area contributed by atoms with Crippen molar-refractivity contribution >= 4 is 29.0 Å². The normalized spacial score (nSPS) is 19.4. The lowest BCUT2D eigenvalue weighted by molar-refractivity contribution is -0.116. The van der Waals surface area contributed by atoms with E-state index in [1.54, 1.807) is 12.1 Å². The first-order valence-electron chi connectivity index (χ1n) is 5.42. The van der Waals surface area contributed by atoms with E-state index < -0.39 is 0 Å². The highest BCUT2D eigenvalue weighted by molar-refractivity contribution is 6.29. The number of hydrogen-bond acceptors (Lipinski definition) is 3. The molecule has 1 atom stereocenters. The van der Waals surface area contributed by atoms with E-state index in [1.165, 1.54) is 0 Å². The Morgan fingerprint density at radius 2 is 2.38 bits per heavy atom. The molecule has 1 aromatic heterocycles. The molecule has 2 heterocycles. The van der Waals surface area contributed by atoms with Crippen LogP contribution >= 0.6 is 11.6 Å². The molecular weight excluding hydrogens is 226 g/mol. The molecular formula is C11H14ClN3O. The van der Waals surface area contributed by atoms with Gasteiger partial charge >= 0.3 is 0 Å². The number of nitrogens with zero attached hydrogens (tertiary/aromatic N) is 1. The first-order chi connectivity index (χ1) is 7.69. The van der Waals surface area contributed by atoms with Crippen molar-refractivity contribution in [3.63, 3.8) is 0 Å². The summed E-state index contributed by atoms with van der Waals surface area (Å²) in [6.45, 7) is 2.09. The van der Waals surface area contributed by atoms with Crippen molar-refractivity contribution < 1.29 is 4.79 Å².